The van der Waals surface area contributed by atoms with Gasteiger partial charge in [-0.2, -0.15) is 0 Å². The fourth-order valence-electron chi connectivity index (χ4n) is 3.40. The van der Waals surface area contributed by atoms with Crippen LogP contribution in [0.1, 0.15) is 46.0 Å². The highest BCUT2D eigenvalue weighted by Gasteiger charge is 2.46. The predicted octanol–water partition coefficient (Wildman–Crippen LogP) is 3.10. The lowest BCUT2D eigenvalue weighted by Gasteiger charge is -2.52. The number of aldehydes is 1. The molecule has 0 aromatic rings. The summed E-state index contributed by atoms with van der Waals surface area (Å²) in [6.07, 6.45) is 6.82. The van der Waals surface area contributed by atoms with E-state index in [1.54, 1.807) is 11.1 Å². The minimum absolute atomic E-state index is 0.482. The molecule has 0 N–H and O–H groups in total. The van der Waals surface area contributed by atoms with E-state index in [9.17, 15) is 4.79 Å². The van der Waals surface area contributed by atoms with Crippen molar-refractivity contribution in [3.8, 4) is 0 Å². The molecule has 1 fully saturated rings. The second kappa shape index (κ2) is 2.97. The van der Waals surface area contributed by atoms with E-state index < -0.39 is 0 Å². The Balaban J connectivity index is 2.15. The summed E-state index contributed by atoms with van der Waals surface area (Å²) in [7, 11) is 0. The number of carbonyl (C=O) groups is 1. The molecule has 0 radical (unpaired) electrons. The molecule has 1 nitrogen and oxygen atoms in total. The molecule has 3 aliphatic rings. The Morgan fingerprint density at radius 1 is 1.54 bits per heavy atom. The monoisotopic (exact) mass is 178 g/mol. The molecule has 13 heavy (non-hydrogen) atoms. The number of carbonyl (C=O) groups excluding carboxylic acids is 1. The Kier molecular flexibility index (Phi) is 2.05. The van der Waals surface area contributed by atoms with Crippen LogP contribution in [-0.4, -0.2) is 6.29 Å². The van der Waals surface area contributed by atoms with E-state index in [4.69, 9.17) is 0 Å². The first kappa shape index (κ1) is 8.98. The summed E-state index contributed by atoms with van der Waals surface area (Å²) in [6, 6.07) is 0. The normalized spacial score (nSPS) is 37.2. The first-order valence-electron chi connectivity index (χ1n) is 5.28. The molecule has 3 aliphatic carbocycles. The number of hydrogen-bond acceptors (Lipinski definition) is 1. The van der Waals surface area contributed by atoms with Crippen molar-refractivity contribution in [1.82, 2.24) is 0 Å². The summed E-state index contributed by atoms with van der Waals surface area (Å²) in [5, 5.41) is 0. The van der Waals surface area contributed by atoms with Crippen molar-refractivity contribution < 1.29 is 4.79 Å². The van der Waals surface area contributed by atoms with E-state index >= 15 is 0 Å². The van der Waals surface area contributed by atoms with Crippen LogP contribution < -0.4 is 0 Å². The molecule has 3 rings (SSSR count). The lowest BCUT2D eigenvalue weighted by molar-refractivity contribution is -0.107. The summed E-state index contributed by atoms with van der Waals surface area (Å²) in [6.45, 7) is 4.62. The van der Waals surface area contributed by atoms with Gasteiger partial charge >= 0.3 is 0 Å². The molecular weight excluding hydrogens is 160 g/mol. The number of fused-ring (bicyclic) bond motifs is 1. The quantitative estimate of drug-likeness (QED) is 0.479. The zero-order valence-electron chi connectivity index (χ0n) is 8.60. The van der Waals surface area contributed by atoms with Crippen molar-refractivity contribution in [2.75, 3.05) is 0 Å². The predicted molar refractivity (Wildman–Crippen MR) is 53.4 cm³/mol. The Labute approximate surface area is 80.2 Å². The van der Waals surface area contributed by atoms with Gasteiger partial charge in [0.25, 0.3) is 0 Å². The minimum Gasteiger partial charge on any atom is -0.303 e. The molecular formula is C12H18O. The molecule has 0 aromatic carbocycles. The molecule has 0 saturated heterocycles. The van der Waals surface area contributed by atoms with Crippen molar-refractivity contribution in [2.24, 2.45) is 11.3 Å². The maximum Gasteiger partial charge on any atom is 0.120 e. The highest BCUT2D eigenvalue weighted by atomic mass is 16.1. The Morgan fingerprint density at radius 3 is 2.77 bits per heavy atom. The van der Waals surface area contributed by atoms with Gasteiger partial charge in [-0.25, -0.2) is 0 Å². The SMILES string of the molecule is CC1=C(CCC=O)C2(C)CC(C1)C2. The zero-order valence-corrected chi connectivity index (χ0v) is 8.60. The van der Waals surface area contributed by atoms with Gasteiger partial charge in [0, 0.05) is 6.42 Å². The van der Waals surface area contributed by atoms with Crippen LogP contribution in [0, 0.1) is 11.3 Å². The minimum atomic E-state index is 0.482. The lowest BCUT2D eigenvalue weighted by atomic mass is 9.52. The summed E-state index contributed by atoms with van der Waals surface area (Å²) in [5.41, 5.74) is 3.66. The third-order valence-corrected chi connectivity index (χ3v) is 3.83. The standard InChI is InChI=1S/C12H18O/c1-9-6-10-7-12(2,8-10)11(9)4-3-5-13/h5,10H,3-4,6-8H2,1-2H3. The number of hydrogen-bond donors (Lipinski definition) is 0. The van der Waals surface area contributed by atoms with E-state index in [-0.39, 0.29) is 0 Å². The molecule has 0 unspecified atom stereocenters. The third-order valence-electron chi connectivity index (χ3n) is 3.83. The molecule has 0 amide bonds. The van der Waals surface area contributed by atoms with Crippen LogP contribution in [-0.2, 0) is 4.79 Å². The molecule has 0 heterocycles. The summed E-state index contributed by atoms with van der Waals surface area (Å²) >= 11 is 0. The second-order valence-corrected chi connectivity index (χ2v) is 5.00. The highest BCUT2D eigenvalue weighted by Crippen LogP contribution is 2.58. The van der Waals surface area contributed by atoms with Gasteiger partial charge in [-0.05, 0) is 43.9 Å². The lowest BCUT2D eigenvalue weighted by Crippen LogP contribution is -2.40. The first-order chi connectivity index (χ1) is 6.15. The van der Waals surface area contributed by atoms with Crippen LogP contribution in [0.5, 0.6) is 0 Å². The maximum atomic E-state index is 10.4. The van der Waals surface area contributed by atoms with E-state index in [1.165, 1.54) is 19.3 Å². The molecule has 1 saturated carbocycles. The third kappa shape index (κ3) is 1.34. The van der Waals surface area contributed by atoms with Gasteiger partial charge in [0.1, 0.15) is 6.29 Å². The number of allylic oxidation sites excluding steroid dienone is 2. The van der Waals surface area contributed by atoms with Gasteiger partial charge in [0.05, 0.1) is 0 Å². The van der Waals surface area contributed by atoms with Gasteiger partial charge in [0.2, 0.25) is 0 Å². The van der Waals surface area contributed by atoms with Crippen LogP contribution >= 0.6 is 0 Å². The average molecular weight is 178 g/mol. The highest BCUT2D eigenvalue weighted by molar-refractivity contribution is 5.50. The van der Waals surface area contributed by atoms with Crippen LogP contribution in [0.15, 0.2) is 11.1 Å². The van der Waals surface area contributed by atoms with Crippen LogP contribution in [0.2, 0.25) is 0 Å². The van der Waals surface area contributed by atoms with Gasteiger partial charge in [-0.1, -0.05) is 18.1 Å². The van der Waals surface area contributed by atoms with Crippen LogP contribution in [0.3, 0.4) is 0 Å². The van der Waals surface area contributed by atoms with Crippen LogP contribution in [0.4, 0.5) is 0 Å². The van der Waals surface area contributed by atoms with Gasteiger partial charge < -0.3 is 4.79 Å². The van der Waals surface area contributed by atoms with E-state index in [2.05, 4.69) is 13.8 Å². The second-order valence-electron chi connectivity index (χ2n) is 5.00. The molecule has 2 bridgehead atoms. The van der Waals surface area contributed by atoms with E-state index in [1.807, 2.05) is 0 Å². The van der Waals surface area contributed by atoms with Crippen LogP contribution in [0.25, 0.3) is 0 Å². The Morgan fingerprint density at radius 2 is 2.23 bits per heavy atom. The van der Waals surface area contributed by atoms with Crippen molar-refractivity contribution >= 4 is 6.29 Å². The van der Waals surface area contributed by atoms with Gasteiger partial charge in [0.15, 0.2) is 0 Å². The fourth-order valence-corrected chi connectivity index (χ4v) is 3.40. The number of rotatable bonds is 3. The van der Waals surface area contributed by atoms with Gasteiger partial charge in [-0.15, -0.1) is 0 Å². The van der Waals surface area contributed by atoms with Gasteiger partial charge in [-0.3, -0.25) is 0 Å². The average Bonchev–Trinajstić information content (AvgIpc) is 2.00. The fraction of sp³-hybridized carbons (Fsp3) is 0.750. The summed E-state index contributed by atoms with van der Waals surface area (Å²) < 4.78 is 0. The molecule has 72 valence electrons. The zero-order chi connectivity index (χ0) is 9.47. The van der Waals surface area contributed by atoms with E-state index in [0.717, 1.165) is 18.6 Å². The topological polar surface area (TPSA) is 17.1 Å². The van der Waals surface area contributed by atoms with Crippen molar-refractivity contribution in [3.63, 3.8) is 0 Å². The van der Waals surface area contributed by atoms with Crippen molar-refractivity contribution in [1.29, 1.82) is 0 Å². The van der Waals surface area contributed by atoms with Crippen molar-refractivity contribution in [2.45, 2.75) is 46.0 Å². The smallest absolute Gasteiger partial charge is 0.120 e. The molecule has 0 atom stereocenters. The maximum absolute atomic E-state index is 10.4. The van der Waals surface area contributed by atoms with Crippen molar-refractivity contribution in [3.05, 3.63) is 11.1 Å². The molecule has 0 spiro atoms. The molecule has 0 aromatic heterocycles. The van der Waals surface area contributed by atoms with E-state index in [0.29, 0.717) is 11.8 Å². The molecule has 0 aliphatic heterocycles. The Bertz CT molecular complexity index is 256. The molecule has 1 heteroatoms. The summed E-state index contributed by atoms with van der Waals surface area (Å²) in [5.74, 6) is 0.963. The Hall–Kier alpha value is -0.590. The largest absolute Gasteiger partial charge is 0.303 e. The first-order valence-corrected chi connectivity index (χ1v) is 5.28. The summed E-state index contributed by atoms with van der Waals surface area (Å²) in [4.78, 5) is 10.4.